The van der Waals surface area contributed by atoms with E-state index in [9.17, 15) is 0 Å². The van der Waals surface area contributed by atoms with E-state index in [4.69, 9.17) is 18.9 Å². The number of ether oxygens (including phenoxy) is 4. The minimum Gasteiger partial charge on any atom is -0.555 e. The number of rotatable bonds is 8. The van der Waals surface area contributed by atoms with Crippen LogP contribution in [0.15, 0.2) is 0 Å². The zero-order valence-corrected chi connectivity index (χ0v) is 51.1. The summed E-state index contributed by atoms with van der Waals surface area (Å²) >= 11 is 0. The van der Waals surface area contributed by atoms with Gasteiger partial charge in [-0.2, -0.15) is 0 Å². The van der Waals surface area contributed by atoms with Gasteiger partial charge in [0, 0.05) is 76.8 Å². The van der Waals surface area contributed by atoms with Crippen LogP contribution in [0, 0.1) is 52.1 Å². The summed E-state index contributed by atoms with van der Waals surface area (Å²) in [5.41, 5.74) is 0. The van der Waals surface area contributed by atoms with Crippen LogP contribution in [-0.4, -0.2) is 102 Å². The Morgan fingerprint density at radius 1 is 0.439 bits per heavy atom. The summed E-state index contributed by atoms with van der Waals surface area (Å²) < 4.78 is 21.7. The molecule has 6 aliphatic rings. The fourth-order valence-corrected chi connectivity index (χ4v) is 9.51. The largest absolute Gasteiger partial charge is 0.555 e. The minimum atomic E-state index is -0.107. The summed E-state index contributed by atoms with van der Waals surface area (Å²) in [6.45, 7) is 7.61. The topological polar surface area (TPSA) is 49.9 Å². The van der Waals surface area contributed by atoms with Crippen molar-refractivity contribution in [3.8, 4) is 0 Å². The monoisotopic (exact) mass is 1580 g/mol. The van der Waals surface area contributed by atoms with Crippen molar-refractivity contribution in [1.82, 2.24) is 19.6 Å². The first kappa shape index (κ1) is 32.9. The van der Waals surface area contributed by atoms with Gasteiger partial charge in [0.2, 0.25) is 0 Å². The molecule has 6 rings (SSSR count). The third-order valence-electron chi connectivity index (χ3n) is 10.9. The predicted molar refractivity (Wildman–Crippen MR) is 141 cm³/mol. The Morgan fingerprint density at radius 3 is 0.854 bits per heavy atom. The molecule has 6 aliphatic heterocycles. The molecule has 41 heavy (non-hydrogen) atoms. The fraction of sp³-hybridized carbons (Fsp3) is 0.862. The van der Waals surface area contributed by atoms with Crippen molar-refractivity contribution < 1.29 is 18.9 Å². The molecule has 0 aromatic heterocycles. The quantitative estimate of drug-likeness (QED) is 0.345. The van der Waals surface area contributed by atoms with Crippen molar-refractivity contribution in [1.29, 1.82) is 0 Å². The number of hydrogen-bond donors (Lipinski definition) is 0. The van der Waals surface area contributed by atoms with Crippen LogP contribution < -0.4 is 0 Å². The first-order chi connectivity index (χ1) is 18.1. The molecule has 0 bridgehead atoms. The summed E-state index contributed by atoms with van der Waals surface area (Å²) in [6, 6.07) is 2.18. The Kier molecular flexibility index (Phi) is 10.3. The van der Waals surface area contributed by atoms with E-state index in [1.165, 1.54) is 51.4 Å². The Hall–Kier alpha value is -4.32. The summed E-state index contributed by atoms with van der Waals surface area (Å²) in [5.74, 6) is 2.26. The van der Waals surface area contributed by atoms with E-state index in [2.05, 4.69) is 48.0 Å². The SMILES string of the molecule is [CH2-]OCC1CCN2C(C1)C1CC(CO[CH2-])CCN1C21N2CC[C@H](CO[CH2-])CC2[C@@H]2C[C@@H](CO[CH2-])CCN21.[Rf].[Rf].[Rf].[Rf]. The maximum Gasteiger partial charge on any atom is 0.193 e. The smallest absolute Gasteiger partial charge is 0.193 e. The van der Waals surface area contributed by atoms with Crippen molar-refractivity contribution in [2.45, 2.75) is 81.4 Å². The second kappa shape index (κ2) is 12.9. The molecule has 0 aromatic carbocycles. The molecule has 1 spiro atoms. The van der Waals surface area contributed by atoms with E-state index in [0.717, 1.165) is 52.6 Å². The Balaban J connectivity index is 0.00000147. The molecule has 0 saturated carbocycles. The van der Waals surface area contributed by atoms with E-state index >= 15 is 0 Å². The second-order valence-corrected chi connectivity index (χ2v) is 12.7. The molecule has 0 aliphatic carbocycles. The van der Waals surface area contributed by atoms with Crippen LogP contribution in [0.2, 0.25) is 0 Å². The normalized spacial score (nSPS) is 40.7. The Labute approximate surface area is 224 Å². The molecular formula is C29H48N4O4Rf4-4. The van der Waals surface area contributed by atoms with Crippen LogP contribution >= 0.6 is 0 Å². The maximum atomic E-state index is 5.42. The molecule has 6 fully saturated rings. The van der Waals surface area contributed by atoms with Gasteiger partial charge in [-0.3, -0.25) is 19.6 Å². The van der Waals surface area contributed by atoms with Gasteiger partial charge in [-0.15, -0.1) is 0 Å². The first-order valence-electron chi connectivity index (χ1n) is 14.7. The van der Waals surface area contributed by atoms with E-state index in [1.807, 2.05) is 0 Å². The Bertz CT molecular complexity index is 666. The van der Waals surface area contributed by atoms with Gasteiger partial charge in [0.05, 0.1) is 0 Å². The number of piperidine rings is 4. The van der Waals surface area contributed by atoms with Crippen molar-refractivity contribution in [3.05, 3.63) is 28.4 Å². The third kappa shape index (κ3) is 4.82. The maximum absolute atomic E-state index is 5.42. The molecule has 0 aromatic rings. The van der Waals surface area contributed by atoms with E-state index in [0.29, 0.717) is 47.8 Å². The van der Waals surface area contributed by atoms with Crippen LogP contribution in [0.3, 0.4) is 0 Å². The molecule has 6 saturated heterocycles. The van der Waals surface area contributed by atoms with Crippen LogP contribution in [0.5, 0.6) is 0 Å². The fourth-order valence-electron chi connectivity index (χ4n) is 9.51. The number of fused-ring (bicyclic) bond motifs is 10. The van der Waals surface area contributed by atoms with Gasteiger partial charge in [0.25, 0.3) is 0 Å². The number of hydrogen-bond acceptors (Lipinski definition) is 8. The zero-order valence-electron chi connectivity index (χ0n) is 25.5. The zero-order chi connectivity index (χ0) is 25.6. The van der Waals surface area contributed by atoms with Crippen LogP contribution in [0.4, 0.5) is 0 Å². The standard InChI is InChI=1S/C29H48N4O4.4Rf/c1-34-17-21-5-9-30-25(13-21)26-14-22(18-35-2)6-10-31(26)29(30)32-11-7-23(19-36-3)15-27(32)28-16-24(20-37-4)8-12-33(28)29;;;;/h21-28H,1-20H2;;;;/q-4;;;;/t21-,22-,23?,24?,25-,26?,27?,28?,29?;;;;/m0..../s1. The molecule has 12 heteroatoms. The van der Waals surface area contributed by atoms with Crippen molar-refractivity contribution in [2.24, 2.45) is 23.7 Å². The molecule has 0 N–H and O–H groups in total. The van der Waals surface area contributed by atoms with Crippen molar-refractivity contribution in [2.75, 3.05) is 52.6 Å². The van der Waals surface area contributed by atoms with E-state index in [1.54, 1.807) is 0 Å². The van der Waals surface area contributed by atoms with Gasteiger partial charge in [-0.1, -0.05) is 0 Å². The summed E-state index contributed by atoms with van der Waals surface area (Å²) in [6.07, 6.45) is 9.54. The average Bonchev–Trinajstić information content (AvgIpc) is 3.35. The summed E-state index contributed by atoms with van der Waals surface area (Å²) in [7, 11) is 14.9. The van der Waals surface area contributed by atoms with Gasteiger partial charge in [-0.05, 0) is 75.0 Å². The molecule has 0 amide bonds. The predicted octanol–water partition coefficient (Wildman–Crippen LogP) is 3.18. The van der Waals surface area contributed by atoms with Crippen LogP contribution in [-0.2, 0) is 18.9 Å². The second-order valence-electron chi connectivity index (χ2n) is 12.7. The van der Waals surface area contributed by atoms with E-state index in [-0.39, 0.29) is 5.91 Å². The van der Waals surface area contributed by atoms with E-state index < -0.39 is 0 Å². The Morgan fingerprint density at radius 2 is 0.659 bits per heavy atom. The van der Waals surface area contributed by atoms with Crippen molar-refractivity contribution in [3.63, 3.8) is 0 Å². The molecular weight excluding hydrogens is 1540 g/mol. The first-order valence-corrected chi connectivity index (χ1v) is 14.7. The molecule has 5 unspecified atom stereocenters. The van der Waals surface area contributed by atoms with Gasteiger partial charge in [0.1, 0.15) is 0 Å². The van der Waals surface area contributed by atoms with Crippen molar-refractivity contribution >= 4 is 0 Å². The number of nitrogens with zero attached hydrogens (tertiary/aromatic N) is 4. The van der Waals surface area contributed by atoms with Gasteiger partial charge >= 0.3 is 0 Å². The van der Waals surface area contributed by atoms with Gasteiger partial charge in [0.15, 0.2) is 5.91 Å². The average molecular weight is 1580 g/mol. The van der Waals surface area contributed by atoms with Gasteiger partial charge in [-0.25, -0.2) is 28.4 Å². The third-order valence-corrected chi connectivity index (χ3v) is 10.9. The molecule has 6 heterocycles. The molecule has 8 atom stereocenters. The minimum absolute atomic E-state index is 0. The van der Waals surface area contributed by atoms with Gasteiger partial charge < -0.3 is 18.9 Å². The van der Waals surface area contributed by atoms with Crippen LogP contribution in [0.25, 0.3) is 0 Å². The van der Waals surface area contributed by atoms with Crippen LogP contribution in [0.1, 0.15) is 51.4 Å². The molecule has 8 nitrogen and oxygen atoms in total. The summed E-state index contributed by atoms with van der Waals surface area (Å²) in [4.78, 5) is 11.8. The molecule has 220 valence electrons. The summed E-state index contributed by atoms with van der Waals surface area (Å²) in [5, 5.41) is 0. The molecule has 0 radical (unpaired) electrons.